The first kappa shape index (κ1) is 36.7. The summed E-state index contributed by atoms with van der Waals surface area (Å²) in [5, 5.41) is 4.95. The molecule has 9 aromatic carbocycles. The van der Waals surface area contributed by atoms with E-state index in [1.807, 2.05) is 0 Å². The molecule has 0 bridgehead atoms. The zero-order chi connectivity index (χ0) is 41.7. The number of hydrogen-bond donors (Lipinski definition) is 1. The smallest absolute Gasteiger partial charge is 0.0544 e. The molecule has 1 unspecified atom stereocenters. The Balaban J connectivity index is 0.919. The van der Waals surface area contributed by atoms with Crippen molar-refractivity contribution in [1.82, 2.24) is 9.55 Å². The number of rotatable bonds is 8. The summed E-state index contributed by atoms with van der Waals surface area (Å²) in [6, 6.07) is 79.2. The fourth-order valence-corrected chi connectivity index (χ4v) is 9.82. The zero-order valence-electron chi connectivity index (χ0n) is 34.7. The van der Waals surface area contributed by atoms with Gasteiger partial charge in [0.1, 0.15) is 0 Å². The third-order valence-electron chi connectivity index (χ3n) is 12.9. The number of H-pyrrole nitrogens is 1. The van der Waals surface area contributed by atoms with Gasteiger partial charge in [-0.2, -0.15) is 0 Å². The van der Waals surface area contributed by atoms with E-state index < -0.39 is 0 Å². The molecular weight excluding hydrogens is 763 g/mol. The number of benzene rings is 9. The Morgan fingerprint density at radius 3 is 1.63 bits per heavy atom. The van der Waals surface area contributed by atoms with Crippen molar-refractivity contribution in [3.05, 3.63) is 248 Å². The van der Waals surface area contributed by atoms with Crippen molar-refractivity contribution in [3.63, 3.8) is 0 Å². The van der Waals surface area contributed by atoms with Crippen LogP contribution in [-0.2, 0) is 0 Å². The van der Waals surface area contributed by atoms with Gasteiger partial charge in [0.25, 0.3) is 0 Å². The molecule has 1 N–H and O–H groups in total. The monoisotopic (exact) mass is 805 g/mol. The van der Waals surface area contributed by atoms with E-state index in [-0.39, 0.29) is 0 Å². The highest BCUT2D eigenvalue weighted by atomic mass is 15.1. The van der Waals surface area contributed by atoms with Gasteiger partial charge in [-0.1, -0.05) is 176 Å². The minimum atomic E-state index is 0.362. The lowest BCUT2D eigenvalue weighted by Gasteiger charge is -2.29. The lowest BCUT2D eigenvalue weighted by molar-refractivity contribution is 0.840. The van der Waals surface area contributed by atoms with Crippen molar-refractivity contribution in [2.24, 2.45) is 0 Å². The van der Waals surface area contributed by atoms with Gasteiger partial charge in [0.05, 0.1) is 22.1 Å². The highest BCUT2D eigenvalue weighted by molar-refractivity contribution is 6.16. The molecule has 2 aromatic heterocycles. The van der Waals surface area contributed by atoms with Crippen molar-refractivity contribution in [2.45, 2.75) is 12.3 Å². The van der Waals surface area contributed by atoms with Crippen LogP contribution in [0.3, 0.4) is 0 Å². The summed E-state index contributed by atoms with van der Waals surface area (Å²) in [5.74, 6) is 0.362. The average molecular weight is 806 g/mol. The van der Waals surface area contributed by atoms with Crippen molar-refractivity contribution in [3.8, 4) is 39.1 Å². The Morgan fingerprint density at radius 1 is 0.429 bits per heavy atom. The van der Waals surface area contributed by atoms with Crippen LogP contribution < -0.4 is 4.90 Å². The first-order chi connectivity index (χ1) is 31.2. The fraction of sp³-hybridized carbons (Fsp3) is 0.0333. The van der Waals surface area contributed by atoms with Crippen LogP contribution in [-0.4, -0.2) is 9.55 Å². The number of anilines is 2. The fourth-order valence-electron chi connectivity index (χ4n) is 9.82. The molecule has 3 heteroatoms. The van der Waals surface area contributed by atoms with E-state index in [0.717, 1.165) is 28.8 Å². The number of allylic oxidation sites excluding steroid dienone is 3. The predicted molar refractivity (Wildman–Crippen MR) is 266 cm³/mol. The summed E-state index contributed by atoms with van der Waals surface area (Å²) in [5.41, 5.74) is 17.8. The summed E-state index contributed by atoms with van der Waals surface area (Å²) in [6.45, 7) is 0. The third kappa shape index (κ3) is 6.45. The largest absolute Gasteiger partial charge is 0.353 e. The van der Waals surface area contributed by atoms with Gasteiger partial charge in [-0.3, -0.25) is 0 Å². The van der Waals surface area contributed by atoms with Crippen LogP contribution in [0.2, 0.25) is 0 Å². The molecular formula is C60H43N3. The average Bonchev–Trinajstić information content (AvgIpc) is 3.91. The zero-order valence-corrected chi connectivity index (χ0v) is 34.7. The number of fused-ring (bicyclic) bond motifs is 6. The minimum Gasteiger partial charge on any atom is -0.353 e. The van der Waals surface area contributed by atoms with Crippen molar-refractivity contribution >= 4 is 55.0 Å². The molecule has 3 nitrogen and oxygen atoms in total. The Bertz CT molecular complexity index is 3500. The van der Waals surface area contributed by atoms with Crippen LogP contribution in [0.5, 0.6) is 0 Å². The SMILES string of the molecule is C1=CC(c2ccccc2)CC=C1N(c1ccc(-c2ccccc2)cc1)c1ccc(-c2cccc3c2[nH]c2c(-c4ccc5c(c4)c4ccccc4n5-c4ccccc4)cccc23)cc1. The van der Waals surface area contributed by atoms with Gasteiger partial charge in [-0.25, -0.2) is 0 Å². The number of aromatic amines is 1. The van der Waals surface area contributed by atoms with E-state index in [1.54, 1.807) is 0 Å². The van der Waals surface area contributed by atoms with Crippen molar-refractivity contribution in [1.29, 1.82) is 0 Å². The summed E-state index contributed by atoms with van der Waals surface area (Å²) in [4.78, 5) is 6.33. The Labute approximate surface area is 367 Å². The number of para-hydroxylation sites is 4. The third-order valence-corrected chi connectivity index (χ3v) is 12.9. The van der Waals surface area contributed by atoms with Crippen LogP contribution in [0.25, 0.3) is 82.7 Å². The maximum atomic E-state index is 3.95. The second kappa shape index (κ2) is 15.4. The normalized spacial score (nSPS) is 13.8. The molecule has 0 amide bonds. The van der Waals surface area contributed by atoms with Gasteiger partial charge in [0.15, 0.2) is 0 Å². The first-order valence-electron chi connectivity index (χ1n) is 21.9. The van der Waals surface area contributed by atoms with Crippen LogP contribution in [0.1, 0.15) is 17.9 Å². The first-order valence-corrected chi connectivity index (χ1v) is 21.9. The molecule has 0 spiro atoms. The second-order valence-electron chi connectivity index (χ2n) is 16.5. The molecule has 1 aliphatic carbocycles. The molecule has 1 atom stereocenters. The number of nitrogens with one attached hydrogen (secondary N) is 1. The molecule has 12 rings (SSSR count). The summed E-state index contributed by atoms with van der Waals surface area (Å²) in [6.07, 6.45) is 7.98. The molecule has 298 valence electrons. The topological polar surface area (TPSA) is 24.0 Å². The number of nitrogens with zero attached hydrogens (tertiary/aromatic N) is 2. The van der Waals surface area contributed by atoms with Crippen LogP contribution in [0, 0.1) is 0 Å². The molecule has 11 aromatic rings. The van der Waals surface area contributed by atoms with E-state index >= 15 is 0 Å². The standard InChI is InChI=1S/C60H43N3/c1-4-14-41(15-5-1)43-26-33-48(34-27-43)62(49-35-28-44(29-36-49)42-16-6-2-7-17-42)50-37-30-45(31-38-50)51-21-12-23-54-55-24-13-22-52(60(55)61-59(51)54)46-32-39-58-56(40-46)53-20-10-11-25-57(53)63(58)47-18-8-3-9-19-47/h1-28,30-40,44,61H,29H2. The molecule has 0 saturated heterocycles. The number of hydrogen-bond acceptors (Lipinski definition) is 1. The quantitative estimate of drug-likeness (QED) is 0.162. The molecule has 2 heterocycles. The molecule has 0 fully saturated rings. The Morgan fingerprint density at radius 2 is 0.968 bits per heavy atom. The van der Waals surface area contributed by atoms with E-state index in [0.29, 0.717) is 5.92 Å². The lowest BCUT2D eigenvalue weighted by atomic mass is 9.91. The summed E-state index contributed by atoms with van der Waals surface area (Å²) < 4.78 is 2.38. The van der Waals surface area contributed by atoms with Gasteiger partial charge in [0, 0.05) is 61.3 Å². The molecule has 0 aliphatic heterocycles. The van der Waals surface area contributed by atoms with E-state index in [9.17, 15) is 0 Å². The van der Waals surface area contributed by atoms with Crippen LogP contribution >= 0.6 is 0 Å². The van der Waals surface area contributed by atoms with Crippen LogP contribution in [0.4, 0.5) is 11.4 Å². The maximum Gasteiger partial charge on any atom is 0.0544 e. The minimum absolute atomic E-state index is 0.362. The van der Waals surface area contributed by atoms with E-state index in [2.05, 4.69) is 251 Å². The van der Waals surface area contributed by atoms with Crippen molar-refractivity contribution in [2.75, 3.05) is 4.90 Å². The molecule has 1 aliphatic rings. The van der Waals surface area contributed by atoms with E-state index in [4.69, 9.17) is 0 Å². The van der Waals surface area contributed by atoms with Gasteiger partial charge in [-0.15, -0.1) is 0 Å². The maximum absolute atomic E-state index is 3.95. The number of aromatic nitrogens is 2. The van der Waals surface area contributed by atoms with Crippen LogP contribution in [0.15, 0.2) is 242 Å². The predicted octanol–water partition coefficient (Wildman–Crippen LogP) is 16.2. The van der Waals surface area contributed by atoms with Gasteiger partial charge >= 0.3 is 0 Å². The lowest BCUT2D eigenvalue weighted by Crippen LogP contribution is -2.17. The van der Waals surface area contributed by atoms with E-state index in [1.165, 1.54) is 82.9 Å². The van der Waals surface area contributed by atoms with Gasteiger partial charge in [0.2, 0.25) is 0 Å². The summed E-state index contributed by atoms with van der Waals surface area (Å²) >= 11 is 0. The Hall–Kier alpha value is -8.14. The summed E-state index contributed by atoms with van der Waals surface area (Å²) in [7, 11) is 0. The van der Waals surface area contributed by atoms with Gasteiger partial charge in [-0.05, 0) is 94.9 Å². The highest BCUT2D eigenvalue weighted by Crippen LogP contribution is 2.42. The van der Waals surface area contributed by atoms with Gasteiger partial charge < -0.3 is 14.5 Å². The highest BCUT2D eigenvalue weighted by Gasteiger charge is 2.20. The van der Waals surface area contributed by atoms with Crippen molar-refractivity contribution < 1.29 is 0 Å². The molecule has 0 radical (unpaired) electrons. The Kier molecular flexibility index (Phi) is 8.97. The molecule has 0 saturated carbocycles. The molecule has 63 heavy (non-hydrogen) atoms. The second-order valence-corrected chi connectivity index (χ2v) is 16.5.